The van der Waals surface area contributed by atoms with Crippen molar-refractivity contribution in [3.8, 4) is 0 Å². The summed E-state index contributed by atoms with van der Waals surface area (Å²) in [6, 6.07) is 3.39. The van der Waals surface area contributed by atoms with Gasteiger partial charge in [-0.05, 0) is 19.1 Å². The molecule has 1 atom stereocenters. The third-order valence-electron chi connectivity index (χ3n) is 2.36. The van der Waals surface area contributed by atoms with Gasteiger partial charge in [-0.25, -0.2) is 19.9 Å². The molecule has 0 radical (unpaired) electrons. The van der Waals surface area contributed by atoms with Gasteiger partial charge in [0.2, 0.25) is 11.9 Å². The van der Waals surface area contributed by atoms with Crippen LogP contribution in [0.5, 0.6) is 0 Å². The molecule has 8 heteroatoms. The zero-order valence-corrected chi connectivity index (χ0v) is 11.4. The third kappa shape index (κ3) is 7.46. The molecule has 0 aliphatic rings. The molecule has 2 aromatic rings. The standard InChI is InChI=1S/C7H11N3O.C5H7N3O.2CH4/c1-5(11-2)6-3-4-9-7(8)10-6;6-5-7-2-1-4(3-9)8-5;;/h3-5H,1-2H3,(H2,8,9,10);1-2,9H,3H2,(H2,6,7,8);2*1H4. The van der Waals surface area contributed by atoms with Crippen molar-refractivity contribution in [3.05, 3.63) is 35.9 Å². The Bertz CT molecular complexity index is 538. The van der Waals surface area contributed by atoms with Gasteiger partial charge in [0.05, 0.1) is 24.1 Å². The highest BCUT2D eigenvalue weighted by molar-refractivity contribution is 5.18. The molecule has 0 aromatic carbocycles. The van der Waals surface area contributed by atoms with E-state index in [0.29, 0.717) is 5.69 Å². The summed E-state index contributed by atoms with van der Waals surface area (Å²) in [4.78, 5) is 15.1. The Morgan fingerprint density at radius 3 is 2.05 bits per heavy atom. The fraction of sp³-hybridized carbons (Fsp3) is 0.429. The van der Waals surface area contributed by atoms with E-state index >= 15 is 0 Å². The molecule has 0 saturated carbocycles. The lowest BCUT2D eigenvalue weighted by Crippen LogP contribution is -2.02. The van der Waals surface area contributed by atoms with Crippen molar-refractivity contribution in [2.24, 2.45) is 0 Å². The van der Waals surface area contributed by atoms with E-state index in [9.17, 15) is 0 Å². The molecule has 0 saturated heterocycles. The van der Waals surface area contributed by atoms with Crippen LogP contribution in [0.25, 0.3) is 0 Å². The molecule has 2 aromatic heterocycles. The monoisotopic (exact) mass is 310 g/mol. The Balaban J connectivity index is 0. The van der Waals surface area contributed by atoms with Gasteiger partial charge in [0.15, 0.2) is 0 Å². The molecule has 0 aliphatic heterocycles. The Morgan fingerprint density at radius 2 is 1.64 bits per heavy atom. The van der Waals surface area contributed by atoms with E-state index in [4.69, 9.17) is 21.3 Å². The van der Waals surface area contributed by atoms with E-state index in [2.05, 4.69) is 19.9 Å². The number of ether oxygens (including phenoxy) is 1. The lowest BCUT2D eigenvalue weighted by molar-refractivity contribution is 0.116. The predicted octanol–water partition coefficient (Wildman–Crippen LogP) is 1.59. The molecule has 0 aliphatic carbocycles. The maximum absolute atomic E-state index is 8.52. The minimum absolute atomic E-state index is 0. The van der Waals surface area contributed by atoms with Crippen LogP contribution in [-0.4, -0.2) is 32.2 Å². The average molecular weight is 310 g/mol. The van der Waals surface area contributed by atoms with Crippen LogP contribution < -0.4 is 11.5 Å². The summed E-state index contributed by atoms with van der Waals surface area (Å²) < 4.78 is 5.05. The summed E-state index contributed by atoms with van der Waals surface area (Å²) in [5.41, 5.74) is 11.9. The van der Waals surface area contributed by atoms with E-state index in [0.717, 1.165) is 5.69 Å². The van der Waals surface area contributed by atoms with Crippen molar-refractivity contribution in [2.75, 3.05) is 18.6 Å². The van der Waals surface area contributed by atoms with Gasteiger partial charge in [-0.2, -0.15) is 0 Å². The number of hydrogen-bond donors (Lipinski definition) is 3. The Hall–Kier alpha value is -2.32. The molecule has 2 rings (SSSR count). The van der Waals surface area contributed by atoms with Crippen molar-refractivity contribution in [1.82, 2.24) is 19.9 Å². The van der Waals surface area contributed by atoms with Gasteiger partial charge < -0.3 is 21.3 Å². The maximum Gasteiger partial charge on any atom is 0.220 e. The Morgan fingerprint density at radius 1 is 1.09 bits per heavy atom. The van der Waals surface area contributed by atoms with Crippen molar-refractivity contribution >= 4 is 11.9 Å². The normalized spacial score (nSPS) is 10.3. The van der Waals surface area contributed by atoms with Crippen LogP contribution in [-0.2, 0) is 11.3 Å². The number of nitrogens with two attached hydrogens (primary N) is 2. The van der Waals surface area contributed by atoms with Crippen molar-refractivity contribution in [1.29, 1.82) is 0 Å². The smallest absolute Gasteiger partial charge is 0.220 e. The maximum atomic E-state index is 8.52. The van der Waals surface area contributed by atoms with Gasteiger partial charge in [-0.1, -0.05) is 14.9 Å². The van der Waals surface area contributed by atoms with E-state index in [-0.39, 0.29) is 39.5 Å². The van der Waals surface area contributed by atoms with Gasteiger partial charge in [-0.15, -0.1) is 0 Å². The molecule has 2 heterocycles. The topological polar surface area (TPSA) is 133 Å². The number of hydrogen-bond acceptors (Lipinski definition) is 8. The number of aliphatic hydroxyl groups excluding tert-OH is 1. The highest BCUT2D eigenvalue weighted by Crippen LogP contribution is 2.11. The quantitative estimate of drug-likeness (QED) is 0.778. The average Bonchev–Trinajstić information content (AvgIpc) is 2.47. The molecule has 0 bridgehead atoms. The summed E-state index contributed by atoms with van der Waals surface area (Å²) >= 11 is 0. The second-order valence-corrected chi connectivity index (χ2v) is 3.78. The molecule has 0 amide bonds. The fourth-order valence-corrected chi connectivity index (χ4v) is 1.24. The number of nitrogen functional groups attached to an aromatic ring is 2. The Kier molecular flexibility index (Phi) is 11.3. The lowest BCUT2D eigenvalue weighted by Gasteiger charge is -2.07. The minimum Gasteiger partial charge on any atom is -0.390 e. The molecule has 124 valence electrons. The number of anilines is 2. The third-order valence-corrected chi connectivity index (χ3v) is 2.36. The molecule has 0 fully saturated rings. The first kappa shape index (κ1) is 22.0. The van der Waals surface area contributed by atoms with Crippen LogP contribution in [0.15, 0.2) is 24.5 Å². The summed E-state index contributed by atoms with van der Waals surface area (Å²) in [5.74, 6) is 0.480. The largest absolute Gasteiger partial charge is 0.390 e. The molecular formula is C14H26N6O2. The van der Waals surface area contributed by atoms with Crippen molar-refractivity contribution in [2.45, 2.75) is 34.5 Å². The van der Waals surface area contributed by atoms with E-state index in [1.807, 2.05) is 6.92 Å². The first-order valence-corrected chi connectivity index (χ1v) is 5.86. The fourth-order valence-electron chi connectivity index (χ4n) is 1.24. The van der Waals surface area contributed by atoms with Crippen LogP contribution in [0.1, 0.15) is 39.3 Å². The van der Waals surface area contributed by atoms with Gasteiger partial charge in [0.1, 0.15) is 0 Å². The molecule has 8 nitrogen and oxygen atoms in total. The van der Waals surface area contributed by atoms with Crippen LogP contribution in [0, 0.1) is 0 Å². The molecule has 22 heavy (non-hydrogen) atoms. The second-order valence-electron chi connectivity index (χ2n) is 3.78. The van der Waals surface area contributed by atoms with Crippen molar-refractivity contribution < 1.29 is 9.84 Å². The van der Waals surface area contributed by atoms with Crippen LogP contribution in [0.3, 0.4) is 0 Å². The summed E-state index contributed by atoms with van der Waals surface area (Å²) in [5, 5.41) is 8.52. The second kappa shape index (κ2) is 11.4. The number of nitrogens with zero attached hydrogens (tertiary/aromatic N) is 4. The first-order valence-electron chi connectivity index (χ1n) is 5.86. The van der Waals surface area contributed by atoms with Crippen LogP contribution >= 0.6 is 0 Å². The van der Waals surface area contributed by atoms with Gasteiger partial charge in [0.25, 0.3) is 0 Å². The summed E-state index contributed by atoms with van der Waals surface area (Å²) in [7, 11) is 1.63. The highest BCUT2D eigenvalue weighted by atomic mass is 16.5. The van der Waals surface area contributed by atoms with Gasteiger partial charge >= 0.3 is 0 Å². The predicted molar refractivity (Wildman–Crippen MR) is 87.7 cm³/mol. The van der Waals surface area contributed by atoms with E-state index in [1.165, 1.54) is 6.20 Å². The molecular weight excluding hydrogens is 284 g/mol. The molecule has 0 spiro atoms. The van der Waals surface area contributed by atoms with Gasteiger partial charge in [-0.3, -0.25) is 0 Å². The Labute approximate surface area is 131 Å². The van der Waals surface area contributed by atoms with Crippen LogP contribution in [0.4, 0.5) is 11.9 Å². The minimum atomic E-state index is -0.0906. The summed E-state index contributed by atoms with van der Waals surface area (Å²) in [6.45, 7) is 1.81. The summed E-state index contributed by atoms with van der Waals surface area (Å²) in [6.07, 6.45) is 3.10. The highest BCUT2D eigenvalue weighted by Gasteiger charge is 2.04. The SMILES string of the molecule is C.C.COC(C)c1ccnc(N)n1.Nc1nccc(CO)n1. The first-order chi connectivity index (χ1) is 9.56. The zero-order valence-electron chi connectivity index (χ0n) is 11.4. The lowest BCUT2D eigenvalue weighted by atomic mass is 10.3. The van der Waals surface area contributed by atoms with Crippen molar-refractivity contribution in [3.63, 3.8) is 0 Å². The molecule has 1 unspecified atom stereocenters. The van der Waals surface area contributed by atoms with Crippen LogP contribution in [0.2, 0.25) is 0 Å². The van der Waals surface area contributed by atoms with Gasteiger partial charge in [0, 0.05) is 19.5 Å². The number of aromatic nitrogens is 4. The van der Waals surface area contributed by atoms with E-state index < -0.39 is 0 Å². The number of methoxy groups -OCH3 is 1. The zero-order chi connectivity index (χ0) is 15.0. The number of aliphatic hydroxyl groups is 1. The molecule has 5 N–H and O–H groups in total. The van der Waals surface area contributed by atoms with E-state index in [1.54, 1.807) is 25.4 Å². The number of rotatable bonds is 3.